The van der Waals surface area contributed by atoms with Crippen LogP contribution in [0.1, 0.15) is 26.2 Å². The number of hydrogen-bond acceptors (Lipinski definition) is 3. The van der Waals surface area contributed by atoms with Gasteiger partial charge in [-0.3, -0.25) is 0 Å². The minimum absolute atomic E-state index is 0.186. The third-order valence-electron chi connectivity index (χ3n) is 2.07. The van der Waals surface area contributed by atoms with Crippen molar-refractivity contribution in [3.63, 3.8) is 0 Å². The van der Waals surface area contributed by atoms with Crippen LogP contribution in [-0.4, -0.2) is 5.97 Å². The first-order valence-corrected chi connectivity index (χ1v) is 3.16. The molecule has 3 nitrogen and oxygen atoms in total. The zero-order chi connectivity index (χ0) is 6.91. The second-order valence-electron chi connectivity index (χ2n) is 2.54. The summed E-state index contributed by atoms with van der Waals surface area (Å²) in [6, 6.07) is 0. The molecular formula is C6H11NO2. The van der Waals surface area contributed by atoms with Gasteiger partial charge in [0.25, 0.3) is 0 Å². The summed E-state index contributed by atoms with van der Waals surface area (Å²) in [7, 11) is 0. The Hall–Kier alpha value is -0.570. The molecule has 0 amide bonds. The lowest BCUT2D eigenvalue weighted by molar-refractivity contribution is -0.150. The summed E-state index contributed by atoms with van der Waals surface area (Å²) in [6.07, 6.45) is 2.74. The van der Waals surface area contributed by atoms with Gasteiger partial charge >= 0.3 is 5.97 Å². The summed E-state index contributed by atoms with van der Waals surface area (Å²) < 4.78 is 0. The van der Waals surface area contributed by atoms with Crippen LogP contribution in [0.15, 0.2) is 0 Å². The fourth-order valence-electron chi connectivity index (χ4n) is 0.978. The standard InChI is InChI=1S/C6H11NO2/c1-2-6(3-4-6)5(8)9-7/h2-4,7H2,1H3. The van der Waals surface area contributed by atoms with Crippen molar-refractivity contribution in [3.05, 3.63) is 0 Å². The van der Waals surface area contributed by atoms with Crippen molar-refractivity contribution in [3.8, 4) is 0 Å². The summed E-state index contributed by atoms with van der Waals surface area (Å²) in [5.41, 5.74) is -0.186. The molecule has 1 aliphatic carbocycles. The van der Waals surface area contributed by atoms with Crippen LogP contribution >= 0.6 is 0 Å². The number of nitrogens with two attached hydrogens (primary N) is 1. The summed E-state index contributed by atoms with van der Waals surface area (Å²) in [4.78, 5) is 14.9. The molecule has 0 radical (unpaired) electrons. The maximum Gasteiger partial charge on any atom is 0.330 e. The third kappa shape index (κ3) is 0.920. The predicted molar refractivity (Wildman–Crippen MR) is 32.2 cm³/mol. The van der Waals surface area contributed by atoms with E-state index in [-0.39, 0.29) is 11.4 Å². The van der Waals surface area contributed by atoms with Crippen molar-refractivity contribution in [2.24, 2.45) is 11.3 Å². The predicted octanol–water partition coefficient (Wildman–Crippen LogP) is 0.594. The second kappa shape index (κ2) is 1.99. The first-order valence-electron chi connectivity index (χ1n) is 3.16. The van der Waals surface area contributed by atoms with E-state index in [4.69, 9.17) is 5.90 Å². The van der Waals surface area contributed by atoms with E-state index in [1.54, 1.807) is 0 Å². The summed E-state index contributed by atoms with van der Waals surface area (Å²) in [5.74, 6) is 4.48. The second-order valence-corrected chi connectivity index (χ2v) is 2.54. The fraction of sp³-hybridized carbons (Fsp3) is 0.833. The molecule has 1 saturated carbocycles. The molecule has 1 fully saturated rings. The molecule has 0 aromatic heterocycles. The molecule has 0 unspecified atom stereocenters. The van der Waals surface area contributed by atoms with Gasteiger partial charge in [-0.05, 0) is 19.3 Å². The summed E-state index contributed by atoms with van der Waals surface area (Å²) >= 11 is 0. The Morgan fingerprint density at radius 3 is 2.44 bits per heavy atom. The molecule has 52 valence electrons. The molecule has 9 heavy (non-hydrogen) atoms. The Bertz CT molecular complexity index is 129. The zero-order valence-corrected chi connectivity index (χ0v) is 5.52. The van der Waals surface area contributed by atoms with Crippen molar-refractivity contribution in [1.82, 2.24) is 0 Å². The van der Waals surface area contributed by atoms with Crippen LogP contribution < -0.4 is 5.90 Å². The Morgan fingerprint density at radius 1 is 1.78 bits per heavy atom. The summed E-state index contributed by atoms with van der Waals surface area (Å²) in [6.45, 7) is 1.98. The van der Waals surface area contributed by atoms with E-state index in [0.717, 1.165) is 19.3 Å². The van der Waals surface area contributed by atoms with Gasteiger partial charge in [0.05, 0.1) is 5.41 Å². The van der Waals surface area contributed by atoms with Crippen LogP contribution in [0.3, 0.4) is 0 Å². The highest BCUT2D eigenvalue weighted by molar-refractivity contribution is 5.79. The average molecular weight is 129 g/mol. The van der Waals surface area contributed by atoms with Crippen LogP contribution in [-0.2, 0) is 9.63 Å². The molecule has 1 aliphatic rings. The maximum atomic E-state index is 10.8. The zero-order valence-electron chi connectivity index (χ0n) is 5.52. The first kappa shape index (κ1) is 6.55. The van der Waals surface area contributed by atoms with Crippen molar-refractivity contribution < 1.29 is 9.63 Å². The van der Waals surface area contributed by atoms with E-state index in [1.807, 2.05) is 6.92 Å². The molecule has 0 aromatic carbocycles. The number of hydrogen-bond donors (Lipinski definition) is 1. The van der Waals surface area contributed by atoms with Crippen molar-refractivity contribution in [1.29, 1.82) is 0 Å². The van der Waals surface area contributed by atoms with Crippen LogP contribution in [0.4, 0.5) is 0 Å². The van der Waals surface area contributed by atoms with Gasteiger partial charge in [-0.25, -0.2) is 4.79 Å². The first-order chi connectivity index (χ1) is 4.25. The average Bonchev–Trinajstić information content (AvgIpc) is 2.66. The van der Waals surface area contributed by atoms with E-state index in [1.165, 1.54) is 0 Å². The molecule has 1 rings (SSSR count). The quantitative estimate of drug-likeness (QED) is 0.555. The van der Waals surface area contributed by atoms with Crippen molar-refractivity contribution in [2.45, 2.75) is 26.2 Å². The van der Waals surface area contributed by atoms with Crippen LogP contribution in [0.2, 0.25) is 0 Å². The third-order valence-corrected chi connectivity index (χ3v) is 2.07. The SMILES string of the molecule is CCC1(C(=O)ON)CC1. The number of carbonyl (C=O) groups is 1. The lowest BCUT2D eigenvalue weighted by Crippen LogP contribution is -2.21. The fourth-order valence-corrected chi connectivity index (χ4v) is 0.978. The Labute approximate surface area is 54.1 Å². The minimum Gasteiger partial charge on any atom is -0.373 e. The molecule has 0 saturated heterocycles. The lowest BCUT2D eigenvalue weighted by atomic mass is 10.1. The molecule has 0 aliphatic heterocycles. The lowest BCUT2D eigenvalue weighted by Gasteiger charge is -2.06. The van der Waals surface area contributed by atoms with Gasteiger partial charge in [0.1, 0.15) is 0 Å². The van der Waals surface area contributed by atoms with Gasteiger partial charge in [-0.15, -0.1) is 0 Å². The van der Waals surface area contributed by atoms with Gasteiger partial charge in [0.2, 0.25) is 0 Å². The molecule has 3 heteroatoms. The largest absolute Gasteiger partial charge is 0.373 e. The molecule has 0 heterocycles. The van der Waals surface area contributed by atoms with E-state index in [9.17, 15) is 4.79 Å². The van der Waals surface area contributed by atoms with Crippen LogP contribution in [0.25, 0.3) is 0 Å². The number of rotatable bonds is 2. The van der Waals surface area contributed by atoms with Crippen molar-refractivity contribution in [2.75, 3.05) is 0 Å². The Balaban J connectivity index is 2.49. The van der Waals surface area contributed by atoms with Crippen LogP contribution in [0.5, 0.6) is 0 Å². The molecule has 0 bridgehead atoms. The van der Waals surface area contributed by atoms with Gasteiger partial charge in [-0.1, -0.05) is 6.92 Å². The highest BCUT2D eigenvalue weighted by atomic mass is 16.7. The number of carbonyl (C=O) groups excluding carboxylic acids is 1. The minimum atomic E-state index is -0.245. The highest BCUT2D eigenvalue weighted by Crippen LogP contribution is 2.49. The van der Waals surface area contributed by atoms with E-state index < -0.39 is 0 Å². The Morgan fingerprint density at radius 2 is 2.33 bits per heavy atom. The molecule has 0 spiro atoms. The van der Waals surface area contributed by atoms with E-state index >= 15 is 0 Å². The van der Waals surface area contributed by atoms with Gasteiger partial charge in [0.15, 0.2) is 0 Å². The highest BCUT2D eigenvalue weighted by Gasteiger charge is 2.49. The smallest absolute Gasteiger partial charge is 0.330 e. The Kier molecular flexibility index (Phi) is 1.45. The topological polar surface area (TPSA) is 52.3 Å². The maximum absolute atomic E-state index is 10.8. The summed E-state index contributed by atoms with van der Waals surface area (Å²) in [5, 5.41) is 0. The molecule has 0 aromatic rings. The van der Waals surface area contributed by atoms with Gasteiger partial charge in [-0.2, -0.15) is 5.90 Å². The van der Waals surface area contributed by atoms with Gasteiger partial charge < -0.3 is 4.84 Å². The monoisotopic (exact) mass is 129 g/mol. The van der Waals surface area contributed by atoms with Gasteiger partial charge in [0, 0.05) is 0 Å². The van der Waals surface area contributed by atoms with E-state index in [0.29, 0.717) is 0 Å². The van der Waals surface area contributed by atoms with Crippen molar-refractivity contribution >= 4 is 5.97 Å². The molecular weight excluding hydrogens is 118 g/mol. The molecule has 2 N–H and O–H groups in total. The van der Waals surface area contributed by atoms with Crippen LogP contribution in [0, 0.1) is 5.41 Å². The van der Waals surface area contributed by atoms with E-state index in [2.05, 4.69) is 4.84 Å². The normalized spacial score (nSPS) is 21.1. The molecule has 0 atom stereocenters.